The first-order valence-corrected chi connectivity index (χ1v) is 7.87. The minimum atomic E-state index is -0.0163. The Balaban J connectivity index is 1.76. The zero-order chi connectivity index (χ0) is 15.4. The van der Waals surface area contributed by atoms with Gasteiger partial charge in [-0.1, -0.05) is 0 Å². The summed E-state index contributed by atoms with van der Waals surface area (Å²) < 4.78 is 20.0. The van der Waals surface area contributed by atoms with Crippen LogP contribution in [0, 0.1) is 0 Å². The molecule has 1 heterocycles. The van der Waals surface area contributed by atoms with Gasteiger partial charge in [0.15, 0.2) is 0 Å². The molecule has 0 saturated carbocycles. The molecule has 0 saturated heterocycles. The first-order valence-electron chi connectivity index (χ1n) is 6.99. The Morgan fingerprint density at radius 1 is 1.18 bits per heavy atom. The zero-order valence-electron chi connectivity index (χ0n) is 12.2. The maximum absolute atomic E-state index is 6.10. The Morgan fingerprint density at radius 3 is 2.68 bits per heavy atom. The molecule has 2 aromatic rings. The van der Waals surface area contributed by atoms with Crippen LogP contribution in [0.15, 0.2) is 42.5 Å². The summed E-state index contributed by atoms with van der Waals surface area (Å²) in [6.45, 7) is 0.633. The third-order valence-electron chi connectivity index (χ3n) is 3.51. The number of nitrogens with one attached hydrogen (secondary N) is 1. The lowest BCUT2D eigenvalue weighted by Crippen LogP contribution is -2.18. The third kappa shape index (κ3) is 3.23. The monoisotopic (exact) mass is 318 g/mol. The Hall–Kier alpha value is -2.05. The maximum atomic E-state index is 6.10. The van der Waals surface area contributed by atoms with Gasteiger partial charge >= 0.3 is 0 Å². The number of benzene rings is 2. The van der Waals surface area contributed by atoms with Gasteiger partial charge in [-0.15, -0.1) is 0 Å². The molecule has 0 bridgehead atoms. The number of hydrogen-bond acceptors (Lipinski definition) is 6. The third-order valence-corrected chi connectivity index (χ3v) is 3.87. The fourth-order valence-corrected chi connectivity index (χ4v) is 2.69. The molecule has 0 radical (unpaired) electrons. The van der Waals surface area contributed by atoms with Crippen molar-refractivity contribution in [3.63, 3.8) is 0 Å². The van der Waals surface area contributed by atoms with E-state index in [1.54, 1.807) is 7.11 Å². The average Bonchev–Trinajstić information content (AvgIpc) is 2.56. The van der Waals surface area contributed by atoms with Gasteiger partial charge in [-0.05, 0) is 36.4 Å². The van der Waals surface area contributed by atoms with Crippen LogP contribution in [-0.4, -0.2) is 13.7 Å². The lowest BCUT2D eigenvalue weighted by molar-refractivity contribution is 0.136. The van der Waals surface area contributed by atoms with Gasteiger partial charge in [-0.2, -0.15) is 0 Å². The van der Waals surface area contributed by atoms with Gasteiger partial charge in [0.1, 0.15) is 23.4 Å². The second kappa shape index (κ2) is 6.81. The summed E-state index contributed by atoms with van der Waals surface area (Å²) in [5.41, 5.74) is 1.99. The summed E-state index contributed by atoms with van der Waals surface area (Å²) in [6.07, 6.45) is 0.801. The van der Waals surface area contributed by atoms with Crippen molar-refractivity contribution in [1.29, 1.82) is 0 Å². The number of hydrogen-bond donors (Lipinski definition) is 2. The van der Waals surface area contributed by atoms with Crippen molar-refractivity contribution in [2.75, 3.05) is 18.4 Å². The molecular formula is C16H18N2O3S. The molecule has 0 aromatic heterocycles. The molecule has 116 valence electrons. The summed E-state index contributed by atoms with van der Waals surface area (Å²) in [5.74, 6) is 2.43. The molecule has 0 amide bonds. The number of methoxy groups -OCH3 is 1. The van der Waals surface area contributed by atoms with Gasteiger partial charge in [0.05, 0.1) is 13.7 Å². The van der Waals surface area contributed by atoms with Gasteiger partial charge in [0.25, 0.3) is 0 Å². The molecule has 2 aromatic carbocycles. The van der Waals surface area contributed by atoms with E-state index in [2.05, 4.69) is 4.72 Å². The van der Waals surface area contributed by atoms with E-state index in [1.165, 1.54) is 0 Å². The van der Waals surface area contributed by atoms with E-state index in [4.69, 9.17) is 19.3 Å². The van der Waals surface area contributed by atoms with Gasteiger partial charge < -0.3 is 18.9 Å². The Kier molecular flexibility index (Phi) is 4.60. The summed E-state index contributed by atoms with van der Waals surface area (Å²) in [7, 11) is 1.65. The van der Waals surface area contributed by atoms with E-state index in [1.807, 2.05) is 42.5 Å². The van der Waals surface area contributed by atoms with Crippen LogP contribution in [0.4, 0.5) is 5.69 Å². The van der Waals surface area contributed by atoms with E-state index in [-0.39, 0.29) is 6.10 Å². The van der Waals surface area contributed by atoms with Crippen molar-refractivity contribution in [3.05, 3.63) is 48.0 Å². The van der Waals surface area contributed by atoms with Crippen molar-refractivity contribution in [2.45, 2.75) is 12.5 Å². The van der Waals surface area contributed by atoms with Crippen molar-refractivity contribution in [1.82, 2.24) is 0 Å². The fourth-order valence-electron chi connectivity index (χ4n) is 2.42. The molecule has 5 nitrogen and oxygen atoms in total. The molecule has 1 unspecified atom stereocenters. The number of ether oxygens (including phenoxy) is 3. The predicted octanol–water partition coefficient (Wildman–Crippen LogP) is 3.53. The van der Waals surface area contributed by atoms with Crippen LogP contribution >= 0.6 is 12.1 Å². The molecule has 0 aliphatic carbocycles. The van der Waals surface area contributed by atoms with Gasteiger partial charge in [0, 0.05) is 35.9 Å². The Labute approximate surface area is 134 Å². The fraction of sp³-hybridized carbons (Fsp3) is 0.250. The number of nitrogens with two attached hydrogens (primary N) is 1. The highest BCUT2D eigenvalue weighted by Gasteiger charge is 2.23. The van der Waals surface area contributed by atoms with Crippen molar-refractivity contribution in [2.24, 2.45) is 5.14 Å². The summed E-state index contributed by atoms with van der Waals surface area (Å²) >= 11 is 1.07. The summed E-state index contributed by atoms with van der Waals surface area (Å²) in [4.78, 5) is 0. The van der Waals surface area contributed by atoms with Crippen LogP contribution in [0.25, 0.3) is 0 Å². The van der Waals surface area contributed by atoms with E-state index >= 15 is 0 Å². The summed E-state index contributed by atoms with van der Waals surface area (Å²) in [6, 6.07) is 13.5. The molecule has 3 N–H and O–H groups in total. The number of fused-ring (bicyclic) bond motifs is 1. The molecule has 1 aliphatic heterocycles. The molecule has 1 aliphatic rings. The van der Waals surface area contributed by atoms with E-state index in [0.29, 0.717) is 6.61 Å². The molecule has 0 spiro atoms. The number of rotatable bonds is 5. The smallest absolute Gasteiger partial charge is 0.131 e. The molecular weight excluding hydrogens is 300 g/mol. The Morgan fingerprint density at radius 2 is 1.95 bits per heavy atom. The van der Waals surface area contributed by atoms with E-state index in [0.717, 1.165) is 47.1 Å². The second-order valence-corrected chi connectivity index (χ2v) is 5.33. The minimum Gasteiger partial charge on any atom is -0.497 e. The second-order valence-electron chi connectivity index (χ2n) is 4.89. The number of anilines is 1. The molecule has 22 heavy (non-hydrogen) atoms. The normalized spacial score (nSPS) is 16.4. The quantitative estimate of drug-likeness (QED) is 0.822. The van der Waals surface area contributed by atoms with Crippen LogP contribution < -0.4 is 24.1 Å². The van der Waals surface area contributed by atoms with Crippen molar-refractivity contribution in [3.8, 4) is 17.2 Å². The predicted molar refractivity (Wildman–Crippen MR) is 88.3 cm³/mol. The first kappa shape index (κ1) is 14.9. The highest BCUT2D eigenvalue weighted by atomic mass is 32.2. The van der Waals surface area contributed by atoms with Crippen LogP contribution in [0.5, 0.6) is 17.2 Å². The largest absolute Gasteiger partial charge is 0.497 e. The van der Waals surface area contributed by atoms with Gasteiger partial charge in [-0.25, -0.2) is 0 Å². The molecule has 0 fully saturated rings. The lowest BCUT2D eigenvalue weighted by Gasteiger charge is -2.27. The average molecular weight is 318 g/mol. The van der Waals surface area contributed by atoms with Crippen molar-refractivity contribution < 1.29 is 14.2 Å². The highest BCUT2D eigenvalue weighted by molar-refractivity contribution is 7.98. The minimum absolute atomic E-state index is 0.0163. The SMILES string of the molecule is COc1ccc2c(c1)OCCC2Oc1ccc(NSN)cc1. The molecule has 3 rings (SSSR count). The highest BCUT2D eigenvalue weighted by Crippen LogP contribution is 2.37. The van der Waals surface area contributed by atoms with Crippen LogP contribution in [0.1, 0.15) is 18.1 Å². The topological polar surface area (TPSA) is 65.7 Å². The van der Waals surface area contributed by atoms with Gasteiger partial charge in [0.2, 0.25) is 0 Å². The summed E-state index contributed by atoms with van der Waals surface area (Å²) in [5, 5.41) is 5.37. The lowest BCUT2D eigenvalue weighted by atomic mass is 10.0. The zero-order valence-corrected chi connectivity index (χ0v) is 13.1. The van der Waals surface area contributed by atoms with Gasteiger partial charge in [-0.3, -0.25) is 5.14 Å². The standard InChI is InChI=1S/C16H18N2O3S/c1-19-13-6-7-14-15(8-9-20-16(14)10-13)21-12-4-2-11(3-5-12)18-22-17/h2-7,10,15,18H,8-9,17H2,1H3. The van der Waals surface area contributed by atoms with Crippen LogP contribution in [0.3, 0.4) is 0 Å². The van der Waals surface area contributed by atoms with Crippen molar-refractivity contribution >= 4 is 17.8 Å². The maximum Gasteiger partial charge on any atom is 0.131 e. The van der Waals surface area contributed by atoms with Crippen LogP contribution in [0.2, 0.25) is 0 Å². The van der Waals surface area contributed by atoms with E-state index < -0.39 is 0 Å². The molecule has 1 atom stereocenters. The first-order chi connectivity index (χ1) is 10.8. The van der Waals surface area contributed by atoms with Crippen LogP contribution in [-0.2, 0) is 0 Å². The molecule has 6 heteroatoms. The Bertz CT molecular complexity index is 634. The van der Waals surface area contributed by atoms with E-state index in [9.17, 15) is 0 Å².